The lowest BCUT2D eigenvalue weighted by atomic mass is 10.1. The maximum absolute atomic E-state index is 12.9. The van der Waals surface area contributed by atoms with Gasteiger partial charge in [0.1, 0.15) is 6.54 Å². The smallest absolute Gasteiger partial charge is 0.253 e. The number of hydrogen-bond donors (Lipinski definition) is 2. The number of halogens is 1. The predicted molar refractivity (Wildman–Crippen MR) is 134 cm³/mol. The van der Waals surface area contributed by atoms with Crippen molar-refractivity contribution in [3.05, 3.63) is 94.5 Å². The molecule has 1 unspecified atom stereocenters. The normalized spacial score (nSPS) is 12.0. The zero-order valence-corrected chi connectivity index (χ0v) is 20.6. The second kappa shape index (κ2) is 10.6. The Morgan fingerprint density at radius 2 is 1.55 bits per heavy atom. The molecule has 3 aromatic rings. The van der Waals surface area contributed by atoms with E-state index >= 15 is 0 Å². The van der Waals surface area contributed by atoms with Gasteiger partial charge in [0.2, 0.25) is 15.9 Å². The summed E-state index contributed by atoms with van der Waals surface area (Å²) < 4.78 is 26.4. The number of amides is 2. The first-order valence-electron chi connectivity index (χ1n) is 10.1. The molecule has 0 saturated carbocycles. The van der Waals surface area contributed by atoms with Crippen LogP contribution < -0.4 is 14.9 Å². The zero-order valence-electron chi connectivity index (χ0n) is 18.2. The highest BCUT2D eigenvalue weighted by atomic mass is 79.9. The molecule has 7 nitrogen and oxygen atoms in total. The van der Waals surface area contributed by atoms with E-state index in [0.29, 0.717) is 11.4 Å². The second-order valence-corrected chi connectivity index (χ2v) is 10.3. The van der Waals surface area contributed by atoms with Crippen molar-refractivity contribution in [2.75, 3.05) is 22.4 Å². The fourth-order valence-electron chi connectivity index (χ4n) is 3.22. The molecule has 0 saturated heterocycles. The Hall–Kier alpha value is -3.17. The molecule has 0 aliphatic rings. The third-order valence-corrected chi connectivity index (χ3v) is 6.56. The zero-order chi connectivity index (χ0) is 24.0. The van der Waals surface area contributed by atoms with Crippen molar-refractivity contribution in [1.29, 1.82) is 0 Å². The van der Waals surface area contributed by atoms with Crippen LogP contribution in [-0.4, -0.2) is 33.0 Å². The molecule has 1 atom stereocenters. The van der Waals surface area contributed by atoms with Gasteiger partial charge in [-0.05, 0) is 48.9 Å². The van der Waals surface area contributed by atoms with Gasteiger partial charge >= 0.3 is 0 Å². The molecule has 0 aliphatic heterocycles. The van der Waals surface area contributed by atoms with Gasteiger partial charge in [-0.25, -0.2) is 8.42 Å². The standard InChI is InChI=1S/C24H24BrN3O4S/c1-17(18-8-4-3-5-9-18)26-24(30)21-10-6-7-11-22(21)27-23(29)16-28(33(2,31)32)20-14-12-19(25)13-15-20/h3-15,17H,16H2,1-2H3,(H,26,30)(H,27,29). The summed E-state index contributed by atoms with van der Waals surface area (Å²) in [5, 5.41) is 5.59. The highest BCUT2D eigenvalue weighted by Crippen LogP contribution is 2.22. The second-order valence-electron chi connectivity index (χ2n) is 7.45. The van der Waals surface area contributed by atoms with Crippen LogP contribution in [0.15, 0.2) is 83.3 Å². The topological polar surface area (TPSA) is 95.6 Å². The Morgan fingerprint density at radius 3 is 2.18 bits per heavy atom. The Labute approximate surface area is 202 Å². The molecular weight excluding hydrogens is 506 g/mol. The number of carbonyl (C=O) groups excluding carboxylic acids is 2. The highest BCUT2D eigenvalue weighted by Gasteiger charge is 2.22. The first-order chi connectivity index (χ1) is 15.6. The van der Waals surface area contributed by atoms with Crippen LogP contribution in [0.4, 0.5) is 11.4 Å². The lowest BCUT2D eigenvalue weighted by Gasteiger charge is -2.22. The summed E-state index contributed by atoms with van der Waals surface area (Å²) in [6.07, 6.45) is 1.04. The SMILES string of the molecule is CC(NC(=O)c1ccccc1NC(=O)CN(c1ccc(Br)cc1)S(C)(=O)=O)c1ccccc1. The monoisotopic (exact) mass is 529 g/mol. The van der Waals surface area contributed by atoms with E-state index in [1.807, 2.05) is 37.3 Å². The van der Waals surface area contributed by atoms with E-state index in [-0.39, 0.29) is 17.5 Å². The van der Waals surface area contributed by atoms with Crippen LogP contribution in [-0.2, 0) is 14.8 Å². The highest BCUT2D eigenvalue weighted by molar-refractivity contribution is 9.10. The van der Waals surface area contributed by atoms with Gasteiger partial charge in [0.15, 0.2) is 0 Å². The van der Waals surface area contributed by atoms with Crippen LogP contribution in [0.5, 0.6) is 0 Å². The summed E-state index contributed by atoms with van der Waals surface area (Å²) in [6.45, 7) is 1.44. The van der Waals surface area contributed by atoms with E-state index in [1.54, 1.807) is 48.5 Å². The van der Waals surface area contributed by atoms with Gasteiger partial charge in [-0.1, -0.05) is 58.4 Å². The van der Waals surface area contributed by atoms with E-state index < -0.39 is 22.5 Å². The minimum atomic E-state index is -3.71. The third-order valence-electron chi connectivity index (χ3n) is 4.90. The van der Waals surface area contributed by atoms with Crippen molar-refractivity contribution < 1.29 is 18.0 Å². The molecular formula is C24H24BrN3O4S. The number of carbonyl (C=O) groups is 2. The number of para-hydroxylation sites is 1. The number of benzene rings is 3. The Kier molecular flexibility index (Phi) is 7.88. The van der Waals surface area contributed by atoms with E-state index in [0.717, 1.165) is 20.6 Å². The molecule has 33 heavy (non-hydrogen) atoms. The number of rotatable bonds is 8. The maximum Gasteiger partial charge on any atom is 0.253 e. The number of hydrogen-bond acceptors (Lipinski definition) is 4. The van der Waals surface area contributed by atoms with Crippen molar-refractivity contribution >= 4 is 49.1 Å². The van der Waals surface area contributed by atoms with Gasteiger partial charge < -0.3 is 10.6 Å². The molecule has 0 radical (unpaired) electrons. The Morgan fingerprint density at radius 1 is 0.939 bits per heavy atom. The molecule has 3 aromatic carbocycles. The first-order valence-corrected chi connectivity index (χ1v) is 12.8. The number of nitrogens with one attached hydrogen (secondary N) is 2. The molecule has 2 amide bonds. The van der Waals surface area contributed by atoms with Crippen LogP contribution in [0.1, 0.15) is 28.9 Å². The van der Waals surface area contributed by atoms with Crippen molar-refractivity contribution in [3.8, 4) is 0 Å². The molecule has 0 aromatic heterocycles. The van der Waals surface area contributed by atoms with E-state index in [1.165, 1.54) is 0 Å². The van der Waals surface area contributed by atoms with Gasteiger partial charge in [0, 0.05) is 4.47 Å². The van der Waals surface area contributed by atoms with E-state index in [9.17, 15) is 18.0 Å². The average Bonchev–Trinajstić information content (AvgIpc) is 2.78. The van der Waals surface area contributed by atoms with Crippen molar-refractivity contribution in [2.24, 2.45) is 0 Å². The summed E-state index contributed by atoms with van der Waals surface area (Å²) in [5.74, 6) is -0.921. The van der Waals surface area contributed by atoms with Crippen molar-refractivity contribution in [1.82, 2.24) is 5.32 Å². The van der Waals surface area contributed by atoms with Gasteiger partial charge in [-0.3, -0.25) is 13.9 Å². The minimum absolute atomic E-state index is 0.236. The molecule has 0 bridgehead atoms. The molecule has 0 spiro atoms. The molecule has 0 fully saturated rings. The number of nitrogens with zero attached hydrogens (tertiary/aromatic N) is 1. The number of anilines is 2. The lowest BCUT2D eigenvalue weighted by Crippen LogP contribution is -2.37. The predicted octanol–water partition coefficient (Wildman–Crippen LogP) is 4.34. The van der Waals surface area contributed by atoms with Crippen LogP contribution in [0.3, 0.4) is 0 Å². The van der Waals surface area contributed by atoms with Gasteiger partial charge in [0.05, 0.1) is 29.2 Å². The summed E-state index contributed by atoms with van der Waals surface area (Å²) in [5.41, 5.74) is 1.89. The summed E-state index contributed by atoms with van der Waals surface area (Å²) in [6, 6.07) is 22.5. The molecule has 3 rings (SSSR count). The fourth-order valence-corrected chi connectivity index (χ4v) is 4.34. The van der Waals surface area contributed by atoms with Gasteiger partial charge in [-0.2, -0.15) is 0 Å². The quantitative estimate of drug-likeness (QED) is 0.453. The molecule has 0 heterocycles. The van der Waals surface area contributed by atoms with E-state index in [4.69, 9.17) is 0 Å². The van der Waals surface area contributed by atoms with Crippen LogP contribution >= 0.6 is 15.9 Å². The van der Waals surface area contributed by atoms with Crippen LogP contribution in [0, 0.1) is 0 Å². The summed E-state index contributed by atoms with van der Waals surface area (Å²) in [4.78, 5) is 25.7. The van der Waals surface area contributed by atoms with Crippen molar-refractivity contribution in [3.63, 3.8) is 0 Å². The largest absolute Gasteiger partial charge is 0.345 e. The fraction of sp³-hybridized carbons (Fsp3) is 0.167. The average molecular weight is 530 g/mol. The molecule has 2 N–H and O–H groups in total. The van der Waals surface area contributed by atoms with Gasteiger partial charge in [-0.15, -0.1) is 0 Å². The Balaban J connectivity index is 1.76. The van der Waals surface area contributed by atoms with Crippen LogP contribution in [0.2, 0.25) is 0 Å². The van der Waals surface area contributed by atoms with E-state index in [2.05, 4.69) is 26.6 Å². The van der Waals surface area contributed by atoms with Crippen molar-refractivity contribution in [2.45, 2.75) is 13.0 Å². The third kappa shape index (κ3) is 6.66. The summed E-state index contributed by atoms with van der Waals surface area (Å²) >= 11 is 3.31. The van der Waals surface area contributed by atoms with Crippen LogP contribution in [0.25, 0.3) is 0 Å². The lowest BCUT2D eigenvalue weighted by molar-refractivity contribution is -0.114. The first kappa shape index (κ1) is 24.5. The number of sulfonamides is 1. The molecule has 172 valence electrons. The Bertz CT molecular complexity index is 1230. The summed E-state index contributed by atoms with van der Waals surface area (Å²) in [7, 11) is -3.71. The minimum Gasteiger partial charge on any atom is -0.345 e. The van der Waals surface area contributed by atoms with Gasteiger partial charge in [0.25, 0.3) is 5.91 Å². The molecule has 0 aliphatic carbocycles. The maximum atomic E-state index is 12.9. The molecule has 9 heteroatoms.